The van der Waals surface area contributed by atoms with E-state index in [4.69, 9.17) is 4.74 Å². The largest absolute Gasteiger partial charge is 0.496 e. The topological polar surface area (TPSA) is 67.4 Å². The second-order valence-electron chi connectivity index (χ2n) is 5.20. The second kappa shape index (κ2) is 9.08. The van der Waals surface area contributed by atoms with E-state index in [1.807, 2.05) is 0 Å². The van der Waals surface area contributed by atoms with Gasteiger partial charge in [-0.1, -0.05) is 0 Å². The number of hydrogen-bond acceptors (Lipinski definition) is 4. The summed E-state index contributed by atoms with van der Waals surface area (Å²) in [6, 6.07) is 4.77. The number of rotatable bonds is 6. The minimum absolute atomic E-state index is 0. The van der Waals surface area contributed by atoms with E-state index in [1.54, 1.807) is 12.1 Å². The first-order chi connectivity index (χ1) is 10.0. The molecule has 0 spiro atoms. The Bertz CT molecular complexity index is 577. The molecule has 0 aliphatic carbocycles. The van der Waals surface area contributed by atoms with Gasteiger partial charge in [0.25, 0.3) is 0 Å². The lowest BCUT2D eigenvalue weighted by Crippen LogP contribution is -2.33. The third-order valence-electron chi connectivity index (χ3n) is 3.68. The smallest absolute Gasteiger partial charge is 0.240 e. The fourth-order valence-corrected chi connectivity index (χ4v) is 3.93. The first-order valence-corrected chi connectivity index (χ1v) is 9.34. The van der Waals surface area contributed by atoms with Crippen LogP contribution in [0.3, 0.4) is 0 Å². The molecule has 22 heavy (non-hydrogen) atoms. The number of piperidine rings is 1. The van der Waals surface area contributed by atoms with Crippen molar-refractivity contribution in [1.82, 2.24) is 10.0 Å². The van der Waals surface area contributed by atoms with E-state index in [0.29, 0.717) is 18.2 Å². The van der Waals surface area contributed by atoms with Gasteiger partial charge in [0.2, 0.25) is 10.0 Å². The van der Waals surface area contributed by atoms with Crippen molar-refractivity contribution < 1.29 is 13.2 Å². The lowest BCUT2D eigenvalue weighted by molar-refractivity contribution is 0.358. The van der Waals surface area contributed by atoms with Gasteiger partial charge in [-0.25, -0.2) is 13.1 Å². The van der Waals surface area contributed by atoms with E-state index < -0.39 is 10.0 Å². The van der Waals surface area contributed by atoms with Crippen LogP contribution in [0.2, 0.25) is 0 Å². The van der Waals surface area contributed by atoms with Crippen LogP contribution in [0.4, 0.5) is 0 Å². The standard InChI is InChI=1S/C14H21BrN2O3S.ClH/c1-20-14-9-12(4-5-13(14)15)21(18,19)17-8-6-11-3-2-7-16-10-11;/h4-5,9,11,16-17H,2-3,6-8,10H2,1H3;1H. The molecule has 5 nitrogen and oxygen atoms in total. The average Bonchev–Trinajstić information content (AvgIpc) is 2.48. The van der Waals surface area contributed by atoms with Gasteiger partial charge in [0, 0.05) is 12.6 Å². The van der Waals surface area contributed by atoms with Gasteiger partial charge in [0.05, 0.1) is 16.5 Å². The molecule has 1 saturated heterocycles. The summed E-state index contributed by atoms with van der Waals surface area (Å²) in [5.74, 6) is 1.07. The highest BCUT2D eigenvalue weighted by Gasteiger charge is 2.18. The number of benzene rings is 1. The Kier molecular flexibility index (Phi) is 8.13. The maximum absolute atomic E-state index is 12.3. The average molecular weight is 414 g/mol. The molecule has 2 N–H and O–H groups in total. The monoisotopic (exact) mass is 412 g/mol. The van der Waals surface area contributed by atoms with Crippen molar-refractivity contribution in [1.29, 1.82) is 0 Å². The summed E-state index contributed by atoms with van der Waals surface area (Å²) in [7, 11) is -1.97. The first-order valence-electron chi connectivity index (χ1n) is 7.07. The Morgan fingerprint density at radius 2 is 2.23 bits per heavy atom. The van der Waals surface area contributed by atoms with Gasteiger partial charge in [-0.3, -0.25) is 0 Å². The van der Waals surface area contributed by atoms with Crippen molar-refractivity contribution in [2.75, 3.05) is 26.7 Å². The normalized spacial score (nSPS) is 18.5. The Hall–Kier alpha value is -0.340. The van der Waals surface area contributed by atoms with Crippen molar-refractivity contribution in [3.8, 4) is 5.75 Å². The fraction of sp³-hybridized carbons (Fsp3) is 0.571. The maximum atomic E-state index is 12.3. The quantitative estimate of drug-likeness (QED) is 0.752. The third-order valence-corrected chi connectivity index (χ3v) is 5.79. The molecular weight excluding hydrogens is 392 g/mol. The van der Waals surface area contributed by atoms with E-state index in [2.05, 4.69) is 26.0 Å². The van der Waals surface area contributed by atoms with Gasteiger partial charge in [-0.05, 0) is 66.3 Å². The predicted molar refractivity (Wildman–Crippen MR) is 93.3 cm³/mol. The first kappa shape index (κ1) is 19.7. The summed E-state index contributed by atoms with van der Waals surface area (Å²) in [6.45, 7) is 2.52. The lowest BCUT2D eigenvalue weighted by atomic mass is 9.96. The molecule has 2 rings (SSSR count). The maximum Gasteiger partial charge on any atom is 0.240 e. The van der Waals surface area contributed by atoms with Crippen LogP contribution >= 0.6 is 28.3 Å². The number of methoxy groups -OCH3 is 1. The van der Waals surface area contributed by atoms with Gasteiger partial charge in [0.15, 0.2) is 0 Å². The summed E-state index contributed by atoms with van der Waals surface area (Å²) in [6.07, 6.45) is 3.20. The molecule has 1 aromatic rings. The third kappa shape index (κ3) is 5.38. The number of ether oxygens (including phenoxy) is 1. The van der Waals surface area contributed by atoms with Crippen LogP contribution in [0.5, 0.6) is 5.75 Å². The number of halogens is 2. The van der Waals surface area contributed by atoms with Crippen molar-refractivity contribution in [2.45, 2.75) is 24.2 Å². The zero-order chi connectivity index (χ0) is 15.3. The Morgan fingerprint density at radius 3 is 2.86 bits per heavy atom. The second-order valence-corrected chi connectivity index (χ2v) is 7.82. The molecule has 0 radical (unpaired) electrons. The summed E-state index contributed by atoms with van der Waals surface area (Å²) >= 11 is 3.31. The number of nitrogens with one attached hydrogen (secondary N) is 2. The predicted octanol–water partition coefficient (Wildman–Crippen LogP) is 2.55. The lowest BCUT2D eigenvalue weighted by Gasteiger charge is -2.22. The van der Waals surface area contributed by atoms with Crippen LogP contribution in [-0.2, 0) is 10.0 Å². The fourth-order valence-electron chi connectivity index (χ4n) is 2.46. The van der Waals surface area contributed by atoms with E-state index in [1.165, 1.54) is 26.0 Å². The minimum atomic E-state index is -3.48. The number of sulfonamides is 1. The van der Waals surface area contributed by atoms with Gasteiger partial charge in [-0.2, -0.15) is 0 Å². The van der Waals surface area contributed by atoms with Crippen LogP contribution in [0.25, 0.3) is 0 Å². The Balaban J connectivity index is 0.00000242. The summed E-state index contributed by atoms with van der Waals surface area (Å²) in [4.78, 5) is 0.226. The van der Waals surface area contributed by atoms with Crippen molar-refractivity contribution in [3.63, 3.8) is 0 Å². The van der Waals surface area contributed by atoms with Crippen LogP contribution in [0.15, 0.2) is 27.6 Å². The van der Waals surface area contributed by atoms with Crippen molar-refractivity contribution >= 4 is 38.4 Å². The molecule has 1 unspecified atom stereocenters. The molecule has 0 aromatic heterocycles. The van der Waals surface area contributed by atoms with Crippen LogP contribution in [0, 0.1) is 5.92 Å². The molecule has 126 valence electrons. The van der Waals surface area contributed by atoms with E-state index in [-0.39, 0.29) is 17.3 Å². The van der Waals surface area contributed by atoms with Gasteiger partial charge < -0.3 is 10.1 Å². The summed E-state index contributed by atoms with van der Waals surface area (Å²) < 4.78 is 33.0. The van der Waals surface area contributed by atoms with Crippen molar-refractivity contribution in [2.24, 2.45) is 5.92 Å². The SMILES string of the molecule is COc1cc(S(=O)(=O)NCCC2CCCNC2)ccc1Br.Cl. The number of hydrogen-bond donors (Lipinski definition) is 2. The molecule has 1 aliphatic heterocycles. The molecular formula is C14H22BrClN2O3S. The van der Waals surface area contributed by atoms with E-state index in [0.717, 1.165) is 24.0 Å². The molecule has 1 atom stereocenters. The summed E-state index contributed by atoms with van der Waals surface area (Å²) in [5.41, 5.74) is 0. The van der Waals surface area contributed by atoms with Gasteiger partial charge in [-0.15, -0.1) is 12.4 Å². The van der Waals surface area contributed by atoms with Crippen LogP contribution in [0.1, 0.15) is 19.3 Å². The molecule has 1 aromatic carbocycles. The molecule has 0 amide bonds. The van der Waals surface area contributed by atoms with E-state index in [9.17, 15) is 8.42 Å². The highest BCUT2D eigenvalue weighted by Crippen LogP contribution is 2.27. The molecule has 8 heteroatoms. The van der Waals surface area contributed by atoms with Gasteiger partial charge >= 0.3 is 0 Å². The van der Waals surface area contributed by atoms with E-state index >= 15 is 0 Å². The zero-order valence-corrected chi connectivity index (χ0v) is 15.7. The molecule has 0 bridgehead atoms. The molecule has 0 saturated carbocycles. The zero-order valence-electron chi connectivity index (χ0n) is 12.5. The highest BCUT2D eigenvalue weighted by atomic mass is 79.9. The minimum Gasteiger partial charge on any atom is -0.496 e. The van der Waals surface area contributed by atoms with Gasteiger partial charge in [0.1, 0.15) is 5.75 Å². The molecule has 1 aliphatic rings. The van der Waals surface area contributed by atoms with Crippen LogP contribution < -0.4 is 14.8 Å². The highest BCUT2D eigenvalue weighted by molar-refractivity contribution is 9.10. The molecule has 1 heterocycles. The summed E-state index contributed by atoms with van der Waals surface area (Å²) in [5, 5.41) is 3.34. The van der Waals surface area contributed by atoms with Crippen molar-refractivity contribution in [3.05, 3.63) is 22.7 Å². The Labute approximate surface area is 146 Å². The van der Waals surface area contributed by atoms with Crippen LogP contribution in [-0.4, -0.2) is 35.2 Å². The Morgan fingerprint density at radius 1 is 1.45 bits per heavy atom. The molecule has 1 fully saturated rings.